The maximum Gasteiger partial charge on any atom is 0.363 e. The highest BCUT2D eigenvalue weighted by molar-refractivity contribution is 9.10. The topological polar surface area (TPSA) is 47.9 Å². The monoisotopic (exact) mass is 467 g/mol. The van der Waals surface area contributed by atoms with Gasteiger partial charge in [0.2, 0.25) is 5.90 Å². The molecule has 29 heavy (non-hydrogen) atoms. The Morgan fingerprint density at radius 3 is 2.66 bits per heavy atom. The van der Waals surface area contributed by atoms with Gasteiger partial charge in [0.25, 0.3) is 0 Å². The number of cyclic esters (lactones) is 1. The molecule has 0 amide bonds. The van der Waals surface area contributed by atoms with Crippen LogP contribution < -0.4 is 4.74 Å². The zero-order valence-corrected chi connectivity index (χ0v) is 17.5. The summed E-state index contributed by atoms with van der Waals surface area (Å²) in [5.41, 5.74) is 2.64. The molecular weight excluding hydrogens is 454 g/mol. The summed E-state index contributed by atoms with van der Waals surface area (Å²) in [6.45, 7) is 0.353. The minimum atomic E-state index is -0.488. The number of halogens is 2. The average molecular weight is 469 g/mol. The molecule has 3 aromatic rings. The van der Waals surface area contributed by atoms with Crippen LogP contribution in [0.25, 0.3) is 6.08 Å². The average Bonchev–Trinajstić information content (AvgIpc) is 3.08. The van der Waals surface area contributed by atoms with E-state index >= 15 is 0 Å². The summed E-state index contributed by atoms with van der Waals surface area (Å²) in [5, 5.41) is 0.661. The molecule has 1 aliphatic rings. The lowest BCUT2D eigenvalue weighted by Gasteiger charge is -2.08. The van der Waals surface area contributed by atoms with E-state index in [2.05, 4.69) is 20.9 Å². The zero-order chi connectivity index (χ0) is 20.2. The SMILES string of the molecule is O=C1OC(c2ccccc2Br)=N/C1=C/c1cccc(OCc2ccccc2Cl)c1. The molecule has 1 heterocycles. The first-order valence-electron chi connectivity index (χ1n) is 8.84. The molecular formula is C23H15BrClNO3. The summed E-state index contributed by atoms with van der Waals surface area (Å²) < 4.78 is 12.0. The first-order valence-corrected chi connectivity index (χ1v) is 10.0. The number of benzene rings is 3. The highest BCUT2D eigenvalue weighted by atomic mass is 79.9. The molecule has 6 heteroatoms. The number of hydrogen-bond acceptors (Lipinski definition) is 4. The van der Waals surface area contributed by atoms with E-state index in [-0.39, 0.29) is 11.6 Å². The third-order valence-electron chi connectivity index (χ3n) is 4.24. The van der Waals surface area contributed by atoms with Gasteiger partial charge in [-0.05, 0) is 57.9 Å². The molecule has 1 aliphatic heterocycles. The molecule has 0 atom stereocenters. The van der Waals surface area contributed by atoms with E-state index in [4.69, 9.17) is 21.1 Å². The van der Waals surface area contributed by atoms with Gasteiger partial charge in [0.05, 0.1) is 5.56 Å². The van der Waals surface area contributed by atoms with Crippen molar-refractivity contribution < 1.29 is 14.3 Å². The predicted octanol–water partition coefficient (Wildman–Crippen LogP) is 6.03. The van der Waals surface area contributed by atoms with Crippen LogP contribution in [0.1, 0.15) is 16.7 Å². The van der Waals surface area contributed by atoms with Gasteiger partial charge < -0.3 is 9.47 Å². The minimum Gasteiger partial charge on any atom is -0.489 e. The maximum atomic E-state index is 12.2. The number of esters is 1. The van der Waals surface area contributed by atoms with Crippen molar-refractivity contribution in [3.05, 3.63) is 105 Å². The molecule has 0 N–H and O–H groups in total. The molecule has 0 saturated heterocycles. The summed E-state index contributed by atoms with van der Waals surface area (Å²) in [4.78, 5) is 16.6. The number of ether oxygens (including phenoxy) is 2. The van der Waals surface area contributed by atoms with Gasteiger partial charge in [0, 0.05) is 15.1 Å². The fourth-order valence-corrected chi connectivity index (χ4v) is 3.43. The van der Waals surface area contributed by atoms with Crippen molar-refractivity contribution in [2.75, 3.05) is 0 Å². The fourth-order valence-electron chi connectivity index (χ4n) is 2.79. The predicted molar refractivity (Wildman–Crippen MR) is 117 cm³/mol. The van der Waals surface area contributed by atoms with Crippen molar-refractivity contribution in [2.24, 2.45) is 4.99 Å². The normalized spacial score (nSPS) is 14.6. The van der Waals surface area contributed by atoms with Crippen molar-refractivity contribution in [3.8, 4) is 5.75 Å². The molecule has 0 bridgehead atoms. The van der Waals surface area contributed by atoms with Crippen LogP contribution in [0, 0.1) is 0 Å². The van der Waals surface area contributed by atoms with Gasteiger partial charge in [-0.1, -0.05) is 54.1 Å². The number of rotatable bonds is 5. The van der Waals surface area contributed by atoms with E-state index in [0.29, 0.717) is 17.4 Å². The number of carbonyl (C=O) groups is 1. The van der Waals surface area contributed by atoms with Crippen molar-refractivity contribution >= 4 is 45.5 Å². The Balaban J connectivity index is 1.54. The lowest BCUT2D eigenvalue weighted by atomic mass is 10.2. The van der Waals surface area contributed by atoms with Crippen LogP contribution in [0.2, 0.25) is 5.02 Å². The van der Waals surface area contributed by atoms with Gasteiger partial charge in [0.15, 0.2) is 5.70 Å². The van der Waals surface area contributed by atoms with E-state index in [1.807, 2.05) is 72.8 Å². The number of aliphatic imine (C=N–C) groups is 1. The lowest BCUT2D eigenvalue weighted by molar-refractivity contribution is -0.129. The molecule has 144 valence electrons. The second-order valence-electron chi connectivity index (χ2n) is 6.27. The second kappa shape index (κ2) is 8.64. The standard InChI is InChI=1S/C23H15BrClNO3/c24-19-10-3-2-9-18(19)22-26-21(23(27)29-22)13-15-6-5-8-17(12-15)28-14-16-7-1-4-11-20(16)25/h1-13H,14H2/b21-13+. The second-order valence-corrected chi connectivity index (χ2v) is 7.53. The van der Waals surface area contributed by atoms with Gasteiger partial charge in [-0.25, -0.2) is 9.79 Å². The smallest absolute Gasteiger partial charge is 0.363 e. The molecule has 0 fully saturated rings. The van der Waals surface area contributed by atoms with E-state index in [1.165, 1.54) is 0 Å². The van der Waals surface area contributed by atoms with Crippen LogP contribution in [-0.4, -0.2) is 11.9 Å². The van der Waals surface area contributed by atoms with Crippen molar-refractivity contribution in [1.82, 2.24) is 0 Å². The third kappa shape index (κ3) is 4.58. The van der Waals surface area contributed by atoms with E-state index in [0.717, 1.165) is 21.2 Å². The Kier molecular flexibility index (Phi) is 5.79. The molecule has 3 aromatic carbocycles. The summed E-state index contributed by atoms with van der Waals surface area (Å²) in [7, 11) is 0. The third-order valence-corrected chi connectivity index (χ3v) is 5.30. The minimum absolute atomic E-state index is 0.235. The van der Waals surface area contributed by atoms with Crippen LogP contribution >= 0.6 is 27.5 Å². The molecule has 0 saturated carbocycles. The summed E-state index contributed by atoms with van der Waals surface area (Å²) in [5.74, 6) is 0.457. The van der Waals surface area contributed by atoms with Crippen molar-refractivity contribution in [3.63, 3.8) is 0 Å². The van der Waals surface area contributed by atoms with Crippen LogP contribution in [-0.2, 0) is 16.1 Å². The molecule has 0 aromatic heterocycles. The molecule has 0 unspecified atom stereocenters. The van der Waals surface area contributed by atoms with Crippen LogP contribution in [0.5, 0.6) is 5.75 Å². The van der Waals surface area contributed by atoms with Gasteiger partial charge in [-0.2, -0.15) is 0 Å². The molecule has 0 spiro atoms. The first-order chi connectivity index (χ1) is 14.1. The van der Waals surface area contributed by atoms with E-state index in [1.54, 1.807) is 6.08 Å². The zero-order valence-electron chi connectivity index (χ0n) is 15.1. The van der Waals surface area contributed by atoms with Gasteiger partial charge >= 0.3 is 5.97 Å². The van der Waals surface area contributed by atoms with Gasteiger partial charge in [0.1, 0.15) is 12.4 Å². The highest BCUT2D eigenvalue weighted by Crippen LogP contribution is 2.25. The maximum absolute atomic E-state index is 12.2. The lowest BCUT2D eigenvalue weighted by Crippen LogP contribution is -2.05. The summed E-state index contributed by atoms with van der Waals surface area (Å²) >= 11 is 9.61. The highest BCUT2D eigenvalue weighted by Gasteiger charge is 2.25. The van der Waals surface area contributed by atoms with Crippen molar-refractivity contribution in [2.45, 2.75) is 6.61 Å². The largest absolute Gasteiger partial charge is 0.489 e. The number of nitrogens with zero attached hydrogens (tertiary/aromatic N) is 1. The Morgan fingerprint density at radius 2 is 1.83 bits per heavy atom. The Morgan fingerprint density at radius 1 is 1.03 bits per heavy atom. The van der Waals surface area contributed by atoms with Gasteiger partial charge in [-0.3, -0.25) is 0 Å². The number of carbonyl (C=O) groups excluding carboxylic acids is 1. The Hall–Kier alpha value is -2.89. The van der Waals surface area contributed by atoms with Crippen LogP contribution in [0.15, 0.2) is 88.0 Å². The molecule has 4 rings (SSSR count). The fraction of sp³-hybridized carbons (Fsp3) is 0.0435. The Bertz CT molecular complexity index is 1140. The molecule has 4 nitrogen and oxygen atoms in total. The molecule has 0 aliphatic carbocycles. The van der Waals surface area contributed by atoms with Crippen LogP contribution in [0.3, 0.4) is 0 Å². The Labute approximate surface area is 181 Å². The van der Waals surface area contributed by atoms with Crippen molar-refractivity contribution in [1.29, 1.82) is 0 Å². The van der Waals surface area contributed by atoms with E-state index < -0.39 is 5.97 Å². The van der Waals surface area contributed by atoms with E-state index in [9.17, 15) is 4.79 Å². The summed E-state index contributed by atoms with van der Waals surface area (Å²) in [6.07, 6.45) is 1.68. The van der Waals surface area contributed by atoms with Crippen LogP contribution in [0.4, 0.5) is 0 Å². The summed E-state index contributed by atoms with van der Waals surface area (Å²) in [6, 6.07) is 22.4. The number of hydrogen-bond donors (Lipinski definition) is 0. The molecule has 0 radical (unpaired) electrons. The quantitative estimate of drug-likeness (QED) is 0.339. The van der Waals surface area contributed by atoms with Gasteiger partial charge in [-0.15, -0.1) is 0 Å². The first kappa shape index (κ1) is 19.4.